The molecule has 1 aromatic carbocycles. The highest BCUT2D eigenvalue weighted by Crippen LogP contribution is 2.33. The smallest absolute Gasteiger partial charge is 0.339 e. The predicted molar refractivity (Wildman–Crippen MR) is 102 cm³/mol. The molecule has 3 rings (SSSR count). The summed E-state index contributed by atoms with van der Waals surface area (Å²) in [5.41, 5.74) is 2.35. The van der Waals surface area contributed by atoms with Crippen molar-refractivity contribution in [2.75, 3.05) is 30.9 Å². The van der Waals surface area contributed by atoms with Crippen molar-refractivity contribution in [1.82, 2.24) is 9.97 Å². The van der Waals surface area contributed by atoms with Gasteiger partial charge in [0.05, 0.1) is 17.6 Å². The van der Waals surface area contributed by atoms with E-state index in [9.17, 15) is 4.79 Å². The van der Waals surface area contributed by atoms with Crippen LogP contribution in [-0.4, -0.2) is 36.6 Å². The van der Waals surface area contributed by atoms with Gasteiger partial charge in [0.25, 0.3) is 0 Å². The van der Waals surface area contributed by atoms with Crippen LogP contribution in [0.4, 0.5) is 17.2 Å². The third kappa shape index (κ3) is 3.67. The molecular weight excluding hydrogens is 360 g/mol. The van der Waals surface area contributed by atoms with Gasteiger partial charge < -0.3 is 15.0 Å². The second kappa shape index (κ2) is 7.25. The van der Waals surface area contributed by atoms with E-state index in [1.807, 2.05) is 43.3 Å². The van der Waals surface area contributed by atoms with E-state index in [4.69, 9.17) is 16.3 Å². The molecule has 0 aliphatic rings. The number of nitrogens with one attached hydrogen (secondary N) is 1. The minimum Gasteiger partial charge on any atom is -0.462 e. The largest absolute Gasteiger partial charge is 0.462 e. The second-order valence-electron chi connectivity index (χ2n) is 5.46. The lowest BCUT2D eigenvalue weighted by Crippen LogP contribution is -2.08. The van der Waals surface area contributed by atoms with Crippen molar-refractivity contribution in [2.45, 2.75) is 6.92 Å². The molecular formula is C17H17ClN4O2S. The summed E-state index contributed by atoms with van der Waals surface area (Å²) < 4.78 is 5.12. The Morgan fingerprint density at radius 1 is 1.28 bits per heavy atom. The lowest BCUT2D eigenvalue weighted by Gasteiger charge is -2.13. The van der Waals surface area contributed by atoms with E-state index in [0.717, 1.165) is 11.4 Å². The maximum atomic E-state index is 12.2. The molecule has 0 saturated carbocycles. The van der Waals surface area contributed by atoms with E-state index in [2.05, 4.69) is 15.3 Å². The Balaban J connectivity index is 2.02. The van der Waals surface area contributed by atoms with Crippen molar-refractivity contribution in [1.29, 1.82) is 0 Å². The fraction of sp³-hybridized carbons (Fsp3) is 0.235. The zero-order chi connectivity index (χ0) is 18.0. The van der Waals surface area contributed by atoms with Crippen LogP contribution in [0.3, 0.4) is 0 Å². The van der Waals surface area contributed by atoms with Crippen LogP contribution in [0.15, 0.2) is 29.6 Å². The first kappa shape index (κ1) is 17.4. The number of esters is 1. The molecule has 0 radical (unpaired) electrons. The summed E-state index contributed by atoms with van der Waals surface area (Å²) in [5, 5.41) is 5.68. The standard InChI is InChI=1S/C17H17ClN4O2S/c1-4-24-16(23)12-9-25-15-13(12)14(20-17(18)21-15)19-10-5-7-11(8-6-10)22(2)3/h5-9H,4H2,1-3H3,(H,19,20,21). The van der Waals surface area contributed by atoms with Crippen LogP contribution in [0.25, 0.3) is 10.2 Å². The molecule has 0 amide bonds. The number of hydrogen-bond donors (Lipinski definition) is 1. The van der Waals surface area contributed by atoms with Gasteiger partial charge in [-0.3, -0.25) is 0 Å². The van der Waals surface area contributed by atoms with Crippen LogP contribution in [0.1, 0.15) is 17.3 Å². The van der Waals surface area contributed by atoms with E-state index < -0.39 is 5.97 Å². The number of rotatable bonds is 5. The Bertz CT molecular complexity index is 909. The number of carbonyl (C=O) groups is 1. The Morgan fingerprint density at radius 2 is 2.00 bits per heavy atom. The molecule has 0 bridgehead atoms. The highest BCUT2D eigenvalue weighted by atomic mass is 35.5. The number of benzene rings is 1. The van der Waals surface area contributed by atoms with Crippen molar-refractivity contribution in [3.63, 3.8) is 0 Å². The van der Waals surface area contributed by atoms with Crippen molar-refractivity contribution in [3.8, 4) is 0 Å². The van der Waals surface area contributed by atoms with Gasteiger partial charge in [0.15, 0.2) is 0 Å². The fourth-order valence-corrected chi connectivity index (χ4v) is 3.47. The molecule has 130 valence electrons. The first-order chi connectivity index (χ1) is 12.0. The SMILES string of the molecule is CCOC(=O)c1csc2nc(Cl)nc(Nc3ccc(N(C)C)cc3)c12. The Labute approximate surface area is 154 Å². The number of nitrogens with zero attached hydrogens (tertiary/aromatic N) is 3. The third-order valence-corrected chi connectivity index (χ3v) is 4.59. The van der Waals surface area contributed by atoms with Gasteiger partial charge in [0, 0.05) is 30.9 Å². The van der Waals surface area contributed by atoms with Crippen molar-refractivity contribution in [2.24, 2.45) is 0 Å². The molecule has 0 saturated heterocycles. The van der Waals surface area contributed by atoms with Crippen LogP contribution in [-0.2, 0) is 4.74 Å². The second-order valence-corrected chi connectivity index (χ2v) is 6.65. The van der Waals surface area contributed by atoms with Crippen molar-refractivity contribution in [3.05, 3.63) is 40.5 Å². The summed E-state index contributed by atoms with van der Waals surface area (Å²) in [7, 11) is 3.96. The summed E-state index contributed by atoms with van der Waals surface area (Å²) in [6.07, 6.45) is 0. The molecule has 0 aliphatic carbocycles. The van der Waals surface area contributed by atoms with Gasteiger partial charge in [0.1, 0.15) is 10.6 Å². The zero-order valence-electron chi connectivity index (χ0n) is 14.0. The zero-order valence-corrected chi connectivity index (χ0v) is 15.6. The third-order valence-electron chi connectivity index (χ3n) is 3.55. The fourth-order valence-electron chi connectivity index (χ4n) is 2.34. The lowest BCUT2D eigenvalue weighted by atomic mass is 10.2. The summed E-state index contributed by atoms with van der Waals surface area (Å²) in [4.78, 5) is 23.3. The highest BCUT2D eigenvalue weighted by molar-refractivity contribution is 7.17. The van der Waals surface area contributed by atoms with Crippen LogP contribution in [0.5, 0.6) is 0 Å². The number of halogens is 1. The number of anilines is 3. The monoisotopic (exact) mass is 376 g/mol. The summed E-state index contributed by atoms with van der Waals surface area (Å²) in [6, 6.07) is 7.85. The first-order valence-electron chi connectivity index (χ1n) is 7.66. The minimum absolute atomic E-state index is 0.122. The molecule has 6 nitrogen and oxygen atoms in total. The number of aromatic nitrogens is 2. The van der Waals surface area contributed by atoms with Crippen LogP contribution < -0.4 is 10.2 Å². The summed E-state index contributed by atoms with van der Waals surface area (Å²) in [5.74, 6) is 0.0857. The maximum absolute atomic E-state index is 12.2. The van der Waals surface area contributed by atoms with Gasteiger partial charge in [-0.1, -0.05) is 0 Å². The normalized spacial score (nSPS) is 10.7. The Hall–Kier alpha value is -2.38. The van der Waals surface area contributed by atoms with Crippen molar-refractivity contribution >= 4 is 56.3 Å². The highest BCUT2D eigenvalue weighted by Gasteiger charge is 2.19. The molecule has 25 heavy (non-hydrogen) atoms. The van der Waals surface area contributed by atoms with Crippen molar-refractivity contribution < 1.29 is 9.53 Å². The molecule has 0 aliphatic heterocycles. The average molecular weight is 377 g/mol. The van der Waals surface area contributed by atoms with Gasteiger partial charge >= 0.3 is 5.97 Å². The molecule has 0 atom stereocenters. The van der Waals surface area contributed by atoms with Crippen LogP contribution in [0.2, 0.25) is 5.28 Å². The Kier molecular flexibility index (Phi) is 5.06. The molecule has 2 aromatic heterocycles. The average Bonchev–Trinajstić information content (AvgIpc) is 2.99. The van der Waals surface area contributed by atoms with E-state index in [1.54, 1.807) is 12.3 Å². The van der Waals surface area contributed by atoms with Gasteiger partial charge in [0.2, 0.25) is 5.28 Å². The summed E-state index contributed by atoms with van der Waals surface area (Å²) >= 11 is 7.36. The van der Waals surface area contributed by atoms with Crippen LogP contribution in [0, 0.1) is 0 Å². The molecule has 3 aromatic rings. The predicted octanol–water partition coefficient (Wildman–Crippen LogP) is 4.33. The molecule has 2 heterocycles. The van der Waals surface area contributed by atoms with Crippen LogP contribution >= 0.6 is 22.9 Å². The van der Waals surface area contributed by atoms with Gasteiger partial charge in [-0.15, -0.1) is 11.3 Å². The lowest BCUT2D eigenvalue weighted by molar-refractivity contribution is 0.0529. The van der Waals surface area contributed by atoms with Gasteiger partial charge in [-0.05, 0) is 42.8 Å². The Morgan fingerprint density at radius 3 is 2.64 bits per heavy atom. The maximum Gasteiger partial charge on any atom is 0.339 e. The molecule has 0 unspecified atom stereocenters. The number of hydrogen-bond acceptors (Lipinski definition) is 7. The topological polar surface area (TPSA) is 67.3 Å². The number of thiophene rings is 1. The number of carbonyl (C=O) groups excluding carboxylic acids is 1. The molecule has 0 spiro atoms. The van der Waals surface area contributed by atoms with E-state index >= 15 is 0 Å². The first-order valence-corrected chi connectivity index (χ1v) is 8.91. The van der Waals surface area contributed by atoms with Gasteiger partial charge in [-0.2, -0.15) is 4.98 Å². The van der Waals surface area contributed by atoms with E-state index in [0.29, 0.717) is 28.2 Å². The van der Waals surface area contributed by atoms with Gasteiger partial charge in [-0.25, -0.2) is 9.78 Å². The number of ether oxygens (including phenoxy) is 1. The minimum atomic E-state index is -0.398. The number of fused-ring (bicyclic) bond motifs is 1. The molecule has 8 heteroatoms. The van der Waals surface area contributed by atoms with E-state index in [1.165, 1.54) is 11.3 Å². The summed E-state index contributed by atoms with van der Waals surface area (Å²) in [6.45, 7) is 2.07. The molecule has 0 fully saturated rings. The molecule has 1 N–H and O–H groups in total. The quantitative estimate of drug-likeness (QED) is 0.528. The van der Waals surface area contributed by atoms with E-state index in [-0.39, 0.29) is 5.28 Å².